The van der Waals surface area contributed by atoms with Crippen LogP contribution in [0.2, 0.25) is 0 Å². The summed E-state index contributed by atoms with van der Waals surface area (Å²) in [5, 5.41) is 10.4. The van der Waals surface area contributed by atoms with E-state index in [4.69, 9.17) is 23.7 Å². The van der Waals surface area contributed by atoms with Crippen molar-refractivity contribution in [3.8, 4) is 28.7 Å². The minimum Gasteiger partial charge on any atom is -0.504 e. The van der Waals surface area contributed by atoms with Gasteiger partial charge in [-0.3, -0.25) is 0 Å². The fraction of sp³-hybridized carbons (Fsp3) is 0.263. The molecule has 0 aliphatic carbocycles. The number of hydrogen-bond acceptors (Lipinski definition) is 6. The molecule has 0 radical (unpaired) electrons. The van der Waals surface area contributed by atoms with Crippen molar-refractivity contribution in [2.45, 2.75) is 6.61 Å². The first-order valence-corrected chi connectivity index (χ1v) is 7.66. The van der Waals surface area contributed by atoms with Crippen LogP contribution in [-0.2, 0) is 11.3 Å². The summed E-state index contributed by atoms with van der Waals surface area (Å²) < 4.78 is 26.9. The van der Waals surface area contributed by atoms with E-state index >= 15 is 0 Å². The number of methoxy groups -OCH3 is 4. The number of benzene rings is 2. The van der Waals surface area contributed by atoms with Crippen LogP contribution >= 0.6 is 0 Å². The molecule has 2 aromatic rings. The fourth-order valence-corrected chi connectivity index (χ4v) is 2.91. The Balaban J connectivity index is 2.16. The highest BCUT2D eigenvalue weighted by molar-refractivity contribution is 5.85. The fourth-order valence-electron chi connectivity index (χ4n) is 2.91. The highest BCUT2D eigenvalue weighted by Crippen LogP contribution is 2.44. The maximum absolute atomic E-state index is 10.4. The Morgan fingerprint density at radius 1 is 0.880 bits per heavy atom. The number of aromatic hydroxyl groups is 1. The number of ether oxygens (including phenoxy) is 5. The molecule has 0 unspecified atom stereocenters. The summed E-state index contributed by atoms with van der Waals surface area (Å²) in [4.78, 5) is 0. The van der Waals surface area contributed by atoms with E-state index in [0.29, 0.717) is 28.6 Å². The third kappa shape index (κ3) is 2.80. The molecule has 1 aliphatic heterocycles. The standard InChI is InChI=1S/C19H20O6/c1-21-15-6-5-12-13(9-25-10-14(12)18(15)20)11-7-16(22-2)19(24-4)17(8-11)23-3/h5-9,20H,10H2,1-4H3. The molecule has 25 heavy (non-hydrogen) atoms. The van der Waals surface area contributed by atoms with Crippen LogP contribution in [0, 0.1) is 0 Å². The minimum absolute atomic E-state index is 0.0815. The van der Waals surface area contributed by atoms with E-state index in [-0.39, 0.29) is 12.4 Å². The van der Waals surface area contributed by atoms with Gasteiger partial charge in [0.15, 0.2) is 23.0 Å². The Morgan fingerprint density at radius 2 is 1.52 bits per heavy atom. The van der Waals surface area contributed by atoms with Gasteiger partial charge in [0.1, 0.15) is 6.61 Å². The average molecular weight is 344 g/mol. The molecule has 2 aromatic carbocycles. The quantitative estimate of drug-likeness (QED) is 0.897. The molecular formula is C19H20O6. The second kappa shape index (κ2) is 6.84. The van der Waals surface area contributed by atoms with Crippen molar-refractivity contribution in [1.29, 1.82) is 0 Å². The number of phenols is 1. The van der Waals surface area contributed by atoms with Gasteiger partial charge < -0.3 is 28.8 Å². The summed E-state index contributed by atoms with van der Waals surface area (Å²) in [6.45, 7) is 0.270. The first kappa shape index (κ1) is 16.8. The van der Waals surface area contributed by atoms with Gasteiger partial charge >= 0.3 is 0 Å². The zero-order valence-corrected chi connectivity index (χ0v) is 14.6. The van der Waals surface area contributed by atoms with E-state index in [1.54, 1.807) is 33.7 Å². The van der Waals surface area contributed by atoms with Crippen molar-refractivity contribution < 1.29 is 28.8 Å². The van der Waals surface area contributed by atoms with E-state index in [1.165, 1.54) is 7.11 Å². The van der Waals surface area contributed by atoms with Crippen LogP contribution in [0.4, 0.5) is 0 Å². The molecule has 0 spiro atoms. The van der Waals surface area contributed by atoms with Crippen LogP contribution in [0.5, 0.6) is 28.7 Å². The normalized spacial score (nSPS) is 12.6. The molecule has 0 fully saturated rings. The summed E-state index contributed by atoms with van der Waals surface area (Å²) >= 11 is 0. The van der Waals surface area contributed by atoms with Crippen molar-refractivity contribution >= 4 is 5.57 Å². The van der Waals surface area contributed by atoms with Gasteiger partial charge in [0, 0.05) is 11.1 Å². The Morgan fingerprint density at radius 3 is 2.08 bits per heavy atom. The van der Waals surface area contributed by atoms with Gasteiger partial charge in [-0.1, -0.05) is 0 Å². The molecule has 0 saturated heterocycles. The lowest BCUT2D eigenvalue weighted by atomic mass is 9.92. The highest BCUT2D eigenvalue weighted by atomic mass is 16.5. The number of fused-ring (bicyclic) bond motifs is 1. The molecule has 132 valence electrons. The monoisotopic (exact) mass is 344 g/mol. The van der Waals surface area contributed by atoms with Crippen LogP contribution in [0.3, 0.4) is 0 Å². The molecule has 0 atom stereocenters. The molecule has 6 nitrogen and oxygen atoms in total. The molecule has 0 saturated carbocycles. The van der Waals surface area contributed by atoms with E-state index in [1.807, 2.05) is 18.2 Å². The van der Waals surface area contributed by atoms with Crippen LogP contribution in [-0.4, -0.2) is 33.5 Å². The van der Waals surface area contributed by atoms with Crippen molar-refractivity contribution in [1.82, 2.24) is 0 Å². The third-order valence-corrected chi connectivity index (χ3v) is 4.16. The molecule has 1 aliphatic rings. The van der Waals surface area contributed by atoms with Crippen molar-refractivity contribution in [2.75, 3.05) is 28.4 Å². The molecule has 1 N–H and O–H groups in total. The molecule has 3 rings (SSSR count). The summed E-state index contributed by atoms with van der Waals surface area (Å²) in [7, 11) is 6.21. The van der Waals surface area contributed by atoms with Crippen LogP contribution < -0.4 is 18.9 Å². The second-order valence-corrected chi connectivity index (χ2v) is 5.40. The molecule has 0 aromatic heterocycles. The largest absolute Gasteiger partial charge is 0.504 e. The minimum atomic E-state index is 0.0815. The zero-order valence-electron chi connectivity index (χ0n) is 14.6. The lowest BCUT2D eigenvalue weighted by molar-refractivity contribution is 0.227. The van der Waals surface area contributed by atoms with Crippen molar-refractivity contribution in [3.05, 3.63) is 47.2 Å². The van der Waals surface area contributed by atoms with Crippen LogP contribution in [0.25, 0.3) is 5.57 Å². The summed E-state index contributed by atoms with van der Waals surface area (Å²) in [5.41, 5.74) is 3.16. The average Bonchev–Trinajstić information content (AvgIpc) is 2.66. The van der Waals surface area contributed by atoms with Gasteiger partial charge in [0.2, 0.25) is 5.75 Å². The summed E-state index contributed by atoms with van der Waals surface area (Å²) in [6, 6.07) is 7.30. The molecular weight excluding hydrogens is 324 g/mol. The van der Waals surface area contributed by atoms with Crippen LogP contribution in [0.15, 0.2) is 30.5 Å². The zero-order chi connectivity index (χ0) is 18.0. The second-order valence-electron chi connectivity index (χ2n) is 5.40. The van der Waals surface area contributed by atoms with Crippen molar-refractivity contribution in [2.24, 2.45) is 0 Å². The molecule has 0 bridgehead atoms. The van der Waals surface area contributed by atoms with E-state index in [9.17, 15) is 5.11 Å². The Labute approximate surface area is 146 Å². The maximum Gasteiger partial charge on any atom is 0.203 e. The topological polar surface area (TPSA) is 66.4 Å². The first-order chi connectivity index (χ1) is 12.1. The highest BCUT2D eigenvalue weighted by Gasteiger charge is 2.23. The maximum atomic E-state index is 10.4. The van der Waals surface area contributed by atoms with Crippen LogP contribution in [0.1, 0.15) is 16.7 Å². The smallest absolute Gasteiger partial charge is 0.203 e. The number of phenolic OH excluding ortho intramolecular Hbond substituents is 1. The number of rotatable bonds is 5. The Hall–Kier alpha value is -3.02. The lowest BCUT2D eigenvalue weighted by Gasteiger charge is -2.22. The Bertz CT molecular complexity index is 800. The molecule has 6 heteroatoms. The van der Waals surface area contributed by atoms with Gasteiger partial charge in [0.05, 0.1) is 34.7 Å². The molecule has 0 amide bonds. The van der Waals surface area contributed by atoms with E-state index in [2.05, 4.69) is 0 Å². The predicted octanol–water partition coefficient (Wildman–Crippen LogP) is 3.35. The SMILES string of the molecule is COc1ccc2c(c1O)COC=C2c1cc(OC)c(OC)c(OC)c1. The summed E-state index contributed by atoms with van der Waals surface area (Å²) in [5.74, 6) is 2.10. The van der Waals surface area contributed by atoms with Gasteiger partial charge in [-0.2, -0.15) is 0 Å². The van der Waals surface area contributed by atoms with Gasteiger partial charge in [-0.25, -0.2) is 0 Å². The number of hydrogen-bond donors (Lipinski definition) is 1. The van der Waals surface area contributed by atoms with Gasteiger partial charge in [-0.05, 0) is 35.4 Å². The first-order valence-electron chi connectivity index (χ1n) is 7.66. The Kier molecular flexibility index (Phi) is 4.61. The van der Waals surface area contributed by atoms with Crippen molar-refractivity contribution in [3.63, 3.8) is 0 Å². The summed E-state index contributed by atoms with van der Waals surface area (Å²) in [6.07, 6.45) is 1.66. The van der Waals surface area contributed by atoms with E-state index < -0.39 is 0 Å². The van der Waals surface area contributed by atoms with Gasteiger partial charge in [0.25, 0.3) is 0 Å². The van der Waals surface area contributed by atoms with E-state index in [0.717, 1.165) is 16.7 Å². The predicted molar refractivity (Wildman–Crippen MR) is 92.6 cm³/mol. The third-order valence-electron chi connectivity index (χ3n) is 4.16. The lowest BCUT2D eigenvalue weighted by Crippen LogP contribution is -2.05. The molecule has 1 heterocycles. The van der Waals surface area contributed by atoms with Gasteiger partial charge in [-0.15, -0.1) is 0 Å².